The molecule has 0 aliphatic carbocycles. The second-order valence-corrected chi connectivity index (χ2v) is 3.57. The van der Waals surface area contributed by atoms with Crippen LogP contribution in [-0.4, -0.2) is 29.0 Å². The molecule has 16 heavy (non-hydrogen) atoms. The number of carboxylic acids is 1. The molecule has 1 amide bonds. The molecule has 0 aromatic heterocycles. The maximum Gasteiger partial charge on any atom is 0.307 e. The van der Waals surface area contributed by atoms with E-state index in [0.717, 1.165) is 10.6 Å². The van der Waals surface area contributed by atoms with Gasteiger partial charge in [-0.25, -0.2) is 5.84 Å². The molecule has 0 aliphatic heterocycles. The van der Waals surface area contributed by atoms with Crippen LogP contribution in [0.25, 0.3) is 0 Å². The maximum atomic E-state index is 11.3. The normalized spacial score (nSPS) is 9.88. The summed E-state index contributed by atoms with van der Waals surface area (Å²) in [4.78, 5) is 21.7. The zero-order valence-electron chi connectivity index (χ0n) is 9.01. The second kappa shape index (κ2) is 5.27. The van der Waals surface area contributed by atoms with Crippen LogP contribution in [0.4, 0.5) is 0 Å². The number of carbonyl (C=O) groups is 2. The average molecular weight is 222 g/mol. The van der Waals surface area contributed by atoms with Crippen molar-refractivity contribution in [3.63, 3.8) is 0 Å². The lowest BCUT2D eigenvalue weighted by molar-refractivity contribution is -0.136. The molecule has 0 saturated heterocycles. The number of carboxylic acid groups (broad SMARTS) is 1. The molecule has 0 unspecified atom stereocenters. The fourth-order valence-corrected chi connectivity index (χ4v) is 1.25. The fourth-order valence-electron chi connectivity index (χ4n) is 1.25. The molecular formula is C11H14N2O3. The van der Waals surface area contributed by atoms with E-state index in [0.29, 0.717) is 5.56 Å². The molecule has 0 spiro atoms. The molecule has 1 rings (SSSR count). The third kappa shape index (κ3) is 3.70. The van der Waals surface area contributed by atoms with Gasteiger partial charge in [-0.05, 0) is 11.1 Å². The van der Waals surface area contributed by atoms with E-state index in [2.05, 4.69) is 0 Å². The van der Waals surface area contributed by atoms with Gasteiger partial charge in [-0.1, -0.05) is 24.3 Å². The quantitative estimate of drug-likeness (QED) is 0.432. The van der Waals surface area contributed by atoms with Crippen LogP contribution in [0.2, 0.25) is 0 Å². The highest BCUT2D eigenvalue weighted by atomic mass is 16.4. The summed E-state index contributed by atoms with van der Waals surface area (Å²) in [6.07, 6.45) is 0.214. The Morgan fingerprint density at radius 2 is 1.62 bits per heavy atom. The fraction of sp³-hybridized carbons (Fsp3) is 0.273. The van der Waals surface area contributed by atoms with Gasteiger partial charge in [0, 0.05) is 7.05 Å². The van der Waals surface area contributed by atoms with Crippen LogP contribution < -0.4 is 5.84 Å². The lowest BCUT2D eigenvalue weighted by Crippen LogP contribution is -2.34. The van der Waals surface area contributed by atoms with Gasteiger partial charge in [0.1, 0.15) is 0 Å². The zero-order valence-corrected chi connectivity index (χ0v) is 9.01. The number of likely N-dealkylation sites (N-methyl/N-ethyl adjacent to an activating group) is 1. The van der Waals surface area contributed by atoms with Gasteiger partial charge in [-0.2, -0.15) is 0 Å². The number of hydrogen-bond donors (Lipinski definition) is 2. The van der Waals surface area contributed by atoms with Gasteiger partial charge in [-0.15, -0.1) is 0 Å². The van der Waals surface area contributed by atoms with E-state index < -0.39 is 5.97 Å². The highest BCUT2D eigenvalue weighted by molar-refractivity contribution is 5.78. The number of aliphatic carboxylic acids is 1. The summed E-state index contributed by atoms with van der Waals surface area (Å²) in [6, 6.07) is 6.87. The molecule has 0 atom stereocenters. The Morgan fingerprint density at radius 1 is 1.19 bits per heavy atom. The molecule has 0 fully saturated rings. The molecular weight excluding hydrogens is 208 g/mol. The number of nitrogens with zero attached hydrogens (tertiary/aromatic N) is 1. The van der Waals surface area contributed by atoms with E-state index in [1.54, 1.807) is 24.3 Å². The number of hydrazine groups is 1. The van der Waals surface area contributed by atoms with Crippen LogP contribution in [0.1, 0.15) is 11.1 Å². The van der Waals surface area contributed by atoms with Crippen molar-refractivity contribution in [1.29, 1.82) is 0 Å². The van der Waals surface area contributed by atoms with Crippen molar-refractivity contribution in [1.82, 2.24) is 5.01 Å². The van der Waals surface area contributed by atoms with Crippen LogP contribution in [-0.2, 0) is 22.4 Å². The van der Waals surface area contributed by atoms with Crippen LogP contribution in [0.5, 0.6) is 0 Å². The van der Waals surface area contributed by atoms with Gasteiger partial charge < -0.3 is 5.11 Å². The van der Waals surface area contributed by atoms with Crippen LogP contribution in [0, 0.1) is 0 Å². The average Bonchev–Trinajstić information content (AvgIpc) is 2.20. The molecule has 86 valence electrons. The minimum absolute atomic E-state index is 0.00891. The van der Waals surface area contributed by atoms with Crippen molar-refractivity contribution in [3.8, 4) is 0 Å². The Balaban J connectivity index is 2.64. The van der Waals surface area contributed by atoms with Crippen molar-refractivity contribution < 1.29 is 14.7 Å². The first-order valence-corrected chi connectivity index (χ1v) is 4.80. The SMILES string of the molecule is CN(N)C(=O)Cc1ccc(CC(=O)O)cc1. The van der Waals surface area contributed by atoms with E-state index in [1.807, 2.05) is 0 Å². The Hall–Kier alpha value is -1.88. The molecule has 0 bridgehead atoms. The van der Waals surface area contributed by atoms with Gasteiger partial charge >= 0.3 is 5.97 Å². The predicted octanol–water partition coefficient (Wildman–Crippen LogP) is 0.188. The highest BCUT2D eigenvalue weighted by Crippen LogP contribution is 2.06. The molecule has 0 heterocycles. The predicted molar refractivity (Wildman–Crippen MR) is 58.4 cm³/mol. The number of nitrogens with two attached hydrogens (primary N) is 1. The van der Waals surface area contributed by atoms with Crippen molar-refractivity contribution in [2.45, 2.75) is 12.8 Å². The van der Waals surface area contributed by atoms with E-state index in [4.69, 9.17) is 10.9 Å². The summed E-state index contributed by atoms with van der Waals surface area (Å²) in [6.45, 7) is 0. The van der Waals surface area contributed by atoms with Gasteiger partial charge in [0.15, 0.2) is 0 Å². The third-order valence-corrected chi connectivity index (χ3v) is 2.13. The molecule has 5 nitrogen and oxygen atoms in total. The summed E-state index contributed by atoms with van der Waals surface area (Å²) in [7, 11) is 1.49. The first-order valence-electron chi connectivity index (χ1n) is 4.80. The summed E-state index contributed by atoms with van der Waals surface area (Å²) in [5.74, 6) is 4.23. The summed E-state index contributed by atoms with van der Waals surface area (Å²) in [5.41, 5.74) is 1.53. The largest absolute Gasteiger partial charge is 0.481 e. The highest BCUT2D eigenvalue weighted by Gasteiger charge is 2.06. The van der Waals surface area contributed by atoms with E-state index in [9.17, 15) is 9.59 Å². The minimum Gasteiger partial charge on any atom is -0.481 e. The number of rotatable bonds is 4. The second-order valence-electron chi connectivity index (χ2n) is 3.57. The number of benzene rings is 1. The van der Waals surface area contributed by atoms with Crippen molar-refractivity contribution >= 4 is 11.9 Å². The standard InChI is InChI=1S/C11H14N2O3/c1-13(12)10(14)6-8-2-4-9(5-3-8)7-11(15)16/h2-5H,6-7,12H2,1H3,(H,15,16). The van der Waals surface area contributed by atoms with Gasteiger partial charge in [0.25, 0.3) is 0 Å². The van der Waals surface area contributed by atoms with Crippen LogP contribution in [0.15, 0.2) is 24.3 Å². The maximum absolute atomic E-state index is 11.3. The van der Waals surface area contributed by atoms with Crippen LogP contribution >= 0.6 is 0 Å². The minimum atomic E-state index is -0.870. The summed E-state index contributed by atoms with van der Waals surface area (Å²) in [5, 5.41) is 9.61. The first kappa shape index (κ1) is 12.2. The number of amides is 1. The van der Waals surface area contributed by atoms with E-state index in [-0.39, 0.29) is 18.7 Å². The Kier molecular flexibility index (Phi) is 4.02. The molecule has 0 radical (unpaired) electrons. The lowest BCUT2D eigenvalue weighted by Gasteiger charge is -2.09. The van der Waals surface area contributed by atoms with Gasteiger partial charge in [-0.3, -0.25) is 14.6 Å². The van der Waals surface area contributed by atoms with E-state index >= 15 is 0 Å². The Bertz CT molecular complexity index is 385. The lowest BCUT2D eigenvalue weighted by atomic mass is 10.1. The Morgan fingerprint density at radius 3 is 2.00 bits per heavy atom. The molecule has 1 aromatic rings. The van der Waals surface area contributed by atoms with Crippen LogP contribution in [0.3, 0.4) is 0 Å². The molecule has 3 N–H and O–H groups in total. The van der Waals surface area contributed by atoms with E-state index in [1.165, 1.54) is 7.05 Å². The zero-order chi connectivity index (χ0) is 12.1. The smallest absolute Gasteiger partial charge is 0.307 e. The van der Waals surface area contributed by atoms with Crippen molar-refractivity contribution in [2.24, 2.45) is 5.84 Å². The molecule has 0 aliphatic rings. The summed E-state index contributed by atoms with van der Waals surface area (Å²) < 4.78 is 0. The summed E-state index contributed by atoms with van der Waals surface area (Å²) >= 11 is 0. The Labute approximate surface area is 93.4 Å². The topological polar surface area (TPSA) is 83.6 Å². The monoisotopic (exact) mass is 222 g/mol. The van der Waals surface area contributed by atoms with Gasteiger partial charge in [0.05, 0.1) is 12.8 Å². The number of carbonyl (C=O) groups excluding carboxylic acids is 1. The third-order valence-electron chi connectivity index (χ3n) is 2.13. The first-order chi connectivity index (χ1) is 7.49. The van der Waals surface area contributed by atoms with Gasteiger partial charge in [0.2, 0.25) is 5.91 Å². The molecule has 1 aromatic carbocycles. The van der Waals surface area contributed by atoms with Crippen molar-refractivity contribution in [3.05, 3.63) is 35.4 Å². The number of hydrogen-bond acceptors (Lipinski definition) is 3. The molecule has 0 saturated carbocycles. The molecule has 5 heteroatoms. The van der Waals surface area contributed by atoms with Crippen molar-refractivity contribution in [2.75, 3.05) is 7.05 Å².